The summed E-state index contributed by atoms with van der Waals surface area (Å²) in [4.78, 5) is 0. The summed E-state index contributed by atoms with van der Waals surface area (Å²) in [5.74, 6) is 0. The van der Waals surface area contributed by atoms with E-state index in [0.717, 1.165) is 0 Å². The van der Waals surface area contributed by atoms with Crippen molar-refractivity contribution in [1.82, 2.24) is 0 Å². The molecule has 1 aromatic rings. The van der Waals surface area contributed by atoms with E-state index in [1.165, 1.54) is 7.37 Å². The Hall–Kier alpha value is 1.30. The molecule has 0 saturated carbocycles. The molecule has 0 atom stereocenters. The van der Waals surface area contributed by atoms with Gasteiger partial charge in [-0.2, -0.15) is 0 Å². The third-order valence-corrected chi connectivity index (χ3v) is 4.65. The predicted octanol–water partition coefficient (Wildman–Crippen LogP) is 2.39. The second-order valence-electron chi connectivity index (χ2n) is 0.382. The van der Waals surface area contributed by atoms with Gasteiger partial charge < -0.3 is 0 Å². The Balaban J connectivity index is 0.000000160. The molecule has 0 aromatic carbocycles. The van der Waals surface area contributed by atoms with Crippen LogP contribution < -0.4 is 0 Å². The summed E-state index contributed by atoms with van der Waals surface area (Å²) in [6.07, 6.45) is 0. The summed E-state index contributed by atoms with van der Waals surface area (Å²) in [5, 5.41) is 2.16. The van der Waals surface area contributed by atoms with Gasteiger partial charge in [-0.25, -0.2) is 0 Å². The van der Waals surface area contributed by atoms with E-state index in [-0.39, 0.29) is 21.1 Å². The molecule has 0 bridgehead atoms. The average molecular weight is 204 g/mol. The molecule has 0 fully saturated rings. The van der Waals surface area contributed by atoms with Gasteiger partial charge in [-0.1, -0.05) is 20.3 Å². The topological polar surface area (TPSA) is 0 Å². The molecule has 0 amide bonds. The van der Waals surface area contributed by atoms with Crippen LogP contribution in [-0.4, -0.2) is 0 Å². The fourth-order valence-corrected chi connectivity index (χ4v) is 1.16. The Morgan fingerprint density at radius 3 is 1.80 bits per heavy atom. The molecule has 0 nitrogen and oxygen atoms in total. The van der Waals surface area contributed by atoms with Crippen LogP contribution in [0.3, 0.4) is 0 Å². The van der Waals surface area contributed by atoms with Crippen LogP contribution in [0.5, 0.6) is 0 Å². The summed E-state index contributed by atoms with van der Waals surface area (Å²) in [6.45, 7) is 0. The molecule has 0 saturated heterocycles. The van der Waals surface area contributed by atoms with E-state index in [1.807, 2.05) is 20.3 Å². The summed E-state index contributed by atoms with van der Waals surface area (Å²) in [7, 11) is 5.12. The molecule has 1 heterocycles. The first kappa shape index (κ1) is 6.30. The molecule has 0 aliphatic rings. The van der Waals surface area contributed by atoms with Gasteiger partial charge in [0.25, 0.3) is 0 Å². The molecule has 28 valence electrons. The van der Waals surface area contributed by atoms with Gasteiger partial charge in [0, 0.05) is 33.5 Å². The summed E-state index contributed by atoms with van der Waals surface area (Å²) in [6, 6.07) is 0. The first-order chi connectivity index (χ1) is 2.00. The molecule has 0 aliphatic carbocycles. The van der Waals surface area contributed by atoms with Crippen molar-refractivity contribution in [3.63, 3.8) is 0 Å². The van der Waals surface area contributed by atoms with Gasteiger partial charge in [0.15, 0.2) is 0 Å². The summed E-state index contributed by atoms with van der Waals surface area (Å²) >= 11 is 0. The minimum Gasteiger partial charge on any atom is -0.0782 e. The molecule has 0 aliphatic heterocycles. The Kier molecular flexibility index (Phi) is 4.39. The van der Waals surface area contributed by atoms with Gasteiger partial charge in [0.05, 0.1) is 0 Å². The number of hydrogen-bond acceptors (Lipinski definition) is 2. The number of hydrogen-bond donors (Lipinski definition) is 0. The van der Waals surface area contributed by atoms with E-state index < -0.39 is 0 Å². The predicted molar refractivity (Wildman–Crippen MR) is 24.7 cm³/mol. The van der Waals surface area contributed by atoms with Crippen molar-refractivity contribution in [1.29, 1.82) is 0 Å². The van der Waals surface area contributed by atoms with Crippen LogP contribution in [0.1, 0.15) is 0 Å². The van der Waals surface area contributed by atoms with Gasteiger partial charge in [-0.3, -0.25) is 0 Å². The van der Waals surface area contributed by atoms with Gasteiger partial charge >= 0.3 is 0 Å². The van der Waals surface area contributed by atoms with Crippen molar-refractivity contribution >= 4 is 27.7 Å². The van der Waals surface area contributed by atoms with Crippen molar-refractivity contribution in [2.24, 2.45) is 0 Å². The summed E-state index contributed by atoms with van der Waals surface area (Å²) in [5.41, 5.74) is 0. The summed E-state index contributed by atoms with van der Waals surface area (Å²) < 4.78 is 0. The molecule has 0 spiro atoms. The van der Waals surface area contributed by atoms with Crippen LogP contribution in [0.15, 0.2) is 5.11 Å². The van der Waals surface area contributed by atoms with E-state index in [1.54, 1.807) is 0 Å². The average Bonchev–Trinajstić information content (AvgIpc) is 0.722. The Morgan fingerprint density at radius 1 is 1.60 bits per heavy atom. The SMILES string of the molecule is [Mo].c1pss1. The zero-order valence-corrected chi connectivity index (χ0v) is 6.78. The van der Waals surface area contributed by atoms with Gasteiger partial charge in [0.1, 0.15) is 0 Å². The molecule has 0 unspecified atom stereocenters. The van der Waals surface area contributed by atoms with Crippen molar-refractivity contribution in [2.45, 2.75) is 0 Å². The first-order valence-electron chi connectivity index (χ1n) is 0.843. The fraction of sp³-hybridized carbons (Fsp3) is 0. The third-order valence-electron chi connectivity index (χ3n) is 0.172. The molecule has 0 N–H and O–H groups in total. The van der Waals surface area contributed by atoms with Gasteiger partial charge in [-0.15, -0.1) is 0 Å². The smallest absolute Gasteiger partial charge is 0.0400 e. The molecule has 5 heavy (non-hydrogen) atoms. The van der Waals surface area contributed by atoms with Gasteiger partial charge in [-0.05, 0) is 0 Å². The van der Waals surface area contributed by atoms with Crippen LogP contribution in [0.25, 0.3) is 0 Å². The van der Waals surface area contributed by atoms with Crippen molar-refractivity contribution < 1.29 is 21.1 Å². The standard InChI is InChI=1S/CHPS2.Mo/c1-2-4-3-1;/h1H;. The van der Waals surface area contributed by atoms with Crippen LogP contribution in [0, 0.1) is 0 Å². The van der Waals surface area contributed by atoms with Crippen LogP contribution in [0.2, 0.25) is 0 Å². The normalized spacial score (nSPS) is 8.00. The van der Waals surface area contributed by atoms with Gasteiger partial charge in [0.2, 0.25) is 0 Å². The molecular formula is CHMoPS2. The quantitative estimate of drug-likeness (QED) is 0.449. The molecule has 1 aromatic heterocycles. The van der Waals surface area contributed by atoms with Crippen molar-refractivity contribution in [2.75, 3.05) is 0 Å². The minimum atomic E-state index is 0. The monoisotopic (exact) mass is 206 g/mol. The zero-order chi connectivity index (χ0) is 2.83. The zero-order valence-electron chi connectivity index (χ0n) is 2.25. The van der Waals surface area contributed by atoms with E-state index >= 15 is 0 Å². The van der Waals surface area contributed by atoms with Crippen LogP contribution in [-0.2, 0) is 21.1 Å². The molecule has 4 heteroatoms. The Labute approximate surface area is 53.7 Å². The molecular weight excluding hydrogens is 203 g/mol. The Morgan fingerprint density at radius 2 is 1.80 bits per heavy atom. The Bertz CT molecular complexity index is 51.4. The van der Waals surface area contributed by atoms with E-state index in [0.29, 0.717) is 0 Å². The van der Waals surface area contributed by atoms with E-state index in [4.69, 9.17) is 0 Å². The minimum absolute atomic E-state index is 0. The fourth-order valence-electron chi connectivity index (χ4n) is 0.0430. The molecule has 1 rings (SSSR count). The largest absolute Gasteiger partial charge is 0.0782 e. The maximum absolute atomic E-state index is 2.16. The van der Waals surface area contributed by atoms with Crippen LogP contribution >= 0.6 is 27.7 Å². The van der Waals surface area contributed by atoms with Crippen molar-refractivity contribution in [3.8, 4) is 0 Å². The maximum atomic E-state index is 2.16. The number of rotatable bonds is 0. The maximum Gasteiger partial charge on any atom is 0.0400 e. The van der Waals surface area contributed by atoms with Crippen LogP contribution in [0.4, 0.5) is 0 Å². The first-order valence-corrected chi connectivity index (χ1v) is 4.62. The van der Waals surface area contributed by atoms with E-state index in [9.17, 15) is 0 Å². The second-order valence-corrected chi connectivity index (χ2v) is 4.78. The van der Waals surface area contributed by atoms with Crippen molar-refractivity contribution in [3.05, 3.63) is 5.11 Å². The third kappa shape index (κ3) is 2.05. The molecule has 0 radical (unpaired) electrons. The second kappa shape index (κ2) is 3.49. The van der Waals surface area contributed by atoms with E-state index in [2.05, 4.69) is 5.11 Å².